The molecule has 1 atom stereocenters. The fraction of sp³-hybridized carbons (Fsp3) is 0.812. The highest BCUT2D eigenvalue weighted by atomic mass is 32.1. The van der Waals surface area contributed by atoms with Crippen molar-refractivity contribution in [3.05, 3.63) is 16.6 Å². The van der Waals surface area contributed by atoms with Crippen molar-refractivity contribution in [3.8, 4) is 0 Å². The molecular weight excluding hydrogens is 266 g/mol. The van der Waals surface area contributed by atoms with Crippen LogP contribution in [0.25, 0.3) is 0 Å². The number of rotatable bonds is 3. The molecule has 3 aliphatic rings. The highest BCUT2D eigenvalue weighted by Gasteiger charge is 2.45. The van der Waals surface area contributed by atoms with E-state index in [1.165, 1.54) is 62.9 Å². The van der Waals surface area contributed by atoms with Gasteiger partial charge in [-0.2, -0.15) is 0 Å². The zero-order valence-electron chi connectivity index (χ0n) is 12.2. The van der Waals surface area contributed by atoms with Crippen molar-refractivity contribution in [3.63, 3.8) is 0 Å². The van der Waals surface area contributed by atoms with Gasteiger partial charge < -0.3 is 5.32 Å². The van der Waals surface area contributed by atoms with Gasteiger partial charge in [-0.3, -0.25) is 9.88 Å². The van der Waals surface area contributed by atoms with Gasteiger partial charge in [0.1, 0.15) is 0 Å². The lowest BCUT2D eigenvalue weighted by Gasteiger charge is -2.52. The molecule has 2 aliphatic carbocycles. The zero-order chi connectivity index (χ0) is 13.4. The van der Waals surface area contributed by atoms with Crippen LogP contribution in [0.5, 0.6) is 0 Å². The Morgan fingerprint density at radius 2 is 2.15 bits per heavy atom. The molecular formula is C16H25N3S. The van der Waals surface area contributed by atoms with Crippen LogP contribution in [0.3, 0.4) is 0 Å². The number of hydrogen-bond donors (Lipinski definition) is 1. The van der Waals surface area contributed by atoms with E-state index in [2.05, 4.69) is 21.4 Å². The first-order chi connectivity index (χ1) is 9.86. The summed E-state index contributed by atoms with van der Waals surface area (Å²) in [5.74, 6) is 0.958. The SMILES string of the molecule is c1ncc(CN2CC(C3CC3)NCC23CCCCC3)s1. The Labute approximate surface area is 125 Å². The lowest BCUT2D eigenvalue weighted by atomic mass is 9.78. The maximum absolute atomic E-state index is 4.26. The van der Waals surface area contributed by atoms with Crippen molar-refractivity contribution in [1.29, 1.82) is 0 Å². The molecule has 3 nitrogen and oxygen atoms in total. The molecule has 0 amide bonds. The highest BCUT2D eigenvalue weighted by molar-refractivity contribution is 7.09. The second-order valence-corrected chi connectivity index (χ2v) is 7.93. The predicted octanol–water partition coefficient (Wildman–Crippen LogP) is 3.03. The topological polar surface area (TPSA) is 28.2 Å². The molecule has 20 heavy (non-hydrogen) atoms. The molecule has 3 fully saturated rings. The minimum absolute atomic E-state index is 0.438. The number of nitrogens with zero attached hydrogens (tertiary/aromatic N) is 2. The van der Waals surface area contributed by atoms with E-state index in [-0.39, 0.29) is 0 Å². The summed E-state index contributed by atoms with van der Waals surface area (Å²) in [6, 6.07) is 0.746. The van der Waals surface area contributed by atoms with Crippen molar-refractivity contribution in [2.75, 3.05) is 13.1 Å². The van der Waals surface area contributed by atoms with E-state index in [1.807, 2.05) is 16.8 Å². The molecule has 2 saturated carbocycles. The van der Waals surface area contributed by atoms with Crippen molar-refractivity contribution >= 4 is 11.3 Å². The van der Waals surface area contributed by atoms with Crippen LogP contribution in [0.15, 0.2) is 11.7 Å². The Bertz CT molecular complexity index is 435. The number of hydrogen-bond acceptors (Lipinski definition) is 4. The number of thiazole rings is 1. The largest absolute Gasteiger partial charge is 0.311 e. The Kier molecular flexibility index (Phi) is 3.57. The molecule has 1 aromatic rings. The van der Waals surface area contributed by atoms with Gasteiger partial charge in [0.25, 0.3) is 0 Å². The molecule has 4 heteroatoms. The second kappa shape index (κ2) is 5.39. The lowest BCUT2D eigenvalue weighted by molar-refractivity contribution is 0.000398. The average molecular weight is 291 g/mol. The fourth-order valence-corrected chi connectivity index (χ4v) is 4.80. The van der Waals surface area contributed by atoms with Gasteiger partial charge in [0.2, 0.25) is 0 Å². The maximum atomic E-state index is 4.26. The summed E-state index contributed by atoms with van der Waals surface area (Å²) in [6.45, 7) is 3.59. The first-order valence-electron chi connectivity index (χ1n) is 8.22. The van der Waals surface area contributed by atoms with Gasteiger partial charge in [-0.15, -0.1) is 11.3 Å². The number of nitrogens with one attached hydrogen (secondary N) is 1. The molecule has 0 radical (unpaired) electrons. The normalized spacial score (nSPS) is 30.7. The van der Waals surface area contributed by atoms with E-state index in [1.54, 1.807) is 0 Å². The summed E-state index contributed by atoms with van der Waals surface area (Å²) in [5, 5.41) is 3.90. The minimum Gasteiger partial charge on any atom is -0.311 e. The molecule has 110 valence electrons. The summed E-state index contributed by atoms with van der Waals surface area (Å²) in [6.07, 6.45) is 12.0. The van der Waals surface area contributed by atoms with E-state index >= 15 is 0 Å². The van der Waals surface area contributed by atoms with Crippen LogP contribution in [-0.4, -0.2) is 34.6 Å². The van der Waals surface area contributed by atoms with E-state index in [4.69, 9.17) is 0 Å². The fourth-order valence-electron chi connectivity index (χ4n) is 4.19. The zero-order valence-corrected chi connectivity index (χ0v) is 13.0. The standard InChI is InChI=1S/C16H25N3S/c1-2-6-16(7-3-1)11-18-15(13-4-5-13)10-19(16)9-14-8-17-12-20-14/h8,12-13,15,18H,1-7,9-11H2. The molecule has 4 rings (SSSR count). The van der Waals surface area contributed by atoms with Gasteiger partial charge in [-0.25, -0.2) is 0 Å². The van der Waals surface area contributed by atoms with E-state index in [9.17, 15) is 0 Å². The van der Waals surface area contributed by atoms with E-state index < -0.39 is 0 Å². The van der Waals surface area contributed by atoms with Gasteiger partial charge in [-0.05, 0) is 31.6 Å². The van der Waals surface area contributed by atoms with Crippen LogP contribution in [0, 0.1) is 5.92 Å². The second-order valence-electron chi connectivity index (χ2n) is 6.96. The van der Waals surface area contributed by atoms with Crippen LogP contribution in [0.2, 0.25) is 0 Å². The smallest absolute Gasteiger partial charge is 0.0794 e. The van der Waals surface area contributed by atoms with Crippen LogP contribution in [-0.2, 0) is 6.54 Å². The van der Waals surface area contributed by atoms with Crippen LogP contribution >= 0.6 is 11.3 Å². The Morgan fingerprint density at radius 1 is 1.30 bits per heavy atom. The maximum Gasteiger partial charge on any atom is 0.0794 e. The highest BCUT2D eigenvalue weighted by Crippen LogP contribution is 2.41. The monoisotopic (exact) mass is 291 g/mol. The number of aromatic nitrogens is 1. The quantitative estimate of drug-likeness (QED) is 0.928. The Morgan fingerprint density at radius 3 is 2.85 bits per heavy atom. The van der Waals surface area contributed by atoms with Crippen LogP contribution in [0.1, 0.15) is 49.8 Å². The third-order valence-electron chi connectivity index (χ3n) is 5.59. The van der Waals surface area contributed by atoms with E-state index in [0.717, 1.165) is 18.5 Å². The van der Waals surface area contributed by atoms with Gasteiger partial charge >= 0.3 is 0 Å². The molecule has 1 spiro atoms. The summed E-state index contributed by atoms with van der Waals surface area (Å²) >= 11 is 1.82. The van der Waals surface area contributed by atoms with Crippen LogP contribution in [0.4, 0.5) is 0 Å². The molecule has 0 bridgehead atoms. The van der Waals surface area contributed by atoms with Crippen molar-refractivity contribution < 1.29 is 0 Å². The summed E-state index contributed by atoms with van der Waals surface area (Å²) in [5.41, 5.74) is 2.41. The van der Waals surface area contributed by atoms with E-state index in [0.29, 0.717) is 5.54 Å². The third-order valence-corrected chi connectivity index (χ3v) is 6.35. The molecule has 2 heterocycles. The molecule has 1 aliphatic heterocycles. The van der Waals surface area contributed by atoms with Gasteiger partial charge in [-0.1, -0.05) is 19.3 Å². The Balaban J connectivity index is 1.53. The third kappa shape index (κ3) is 2.53. The number of piperazine rings is 1. The van der Waals surface area contributed by atoms with Gasteiger partial charge in [0.05, 0.1) is 5.51 Å². The Hall–Kier alpha value is -0.450. The molecule has 0 aromatic carbocycles. The molecule has 1 N–H and O–H groups in total. The molecule has 1 unspecified atom stereocenters. The first kappa shape index (κ1) is 13.2. The van der Waals surface area contributed by atoms with Crippen molar-refractivity contribution in [2.24, 2.45) is 5.92 Å². The van der Waals surface area contributed by atoms with Crippen LogP contribution < -0.4 is 5.32 Å². The lowest BCUT2D eigenvalue weighted by Crippen LogP contribution is -2.65. The first-order valence-corrected chi connectivity index (χ1v) is 9.10. The average Bonchev–Trinajstić information content (AvgIpc) is 3.20. The predicted molar refractivity (Wildman–Crippen MR) is 82.9 cm³/mol. The molecule has 1 aromatic heterocycles. The summed E-state index contributed by atoms with van der Waals surface area (Å²) < 4.78 is 0. The summed E-state index contributed by atoms with van der Waals surface area (Å²) in [4.78, 5) is 8.52. The summed E-state index contributed by atoms with van der Waals surface area (Å²) in [7, 11) is 0. The van der Waals surface area contributed by atoms with Crippen molar-refractivity contribution in [1.82, 2.24) is 15.2 Å². The minimum atomic E-state index is 0.438. The van der Waals surface area contributed by atoms with Gasteiger partial charge in [0.15, 0.2) is 0 Å². The molecule has 1 saturated heterocycles. The van der Waals surface area contributed by atoms with Gasteiger partial charge in [0, 0.05) is 42.3 Å². The van der Waals surface area contributed by atoms with Crippen molar-refractivity contribution in [2.45, 2.75) is 63.1 Å².